The molecule has 0 bridgehead atoms. The van der Waals surface area contributed by atoms with Crippen LogP contribution in [0.4, 0.5) is 8.78 Å². The first-order valence-corrected chi connectivity index (χ1v) is 7.75. The van der Waals surface area contributed by atoms with Crippen molar-refractivity contribution in [3.63, 3.8) is 0 Å². The number of nitrogens with zero attached hydrogens (tertiary/aromatic N) is 2. The van der Waals surface area contributed by atoms with Crippen LogP contribution in [0.5, 0.6) is 0 Å². The van der Waals surface area contributed by atoms with Crippen LogP contribution in [0.1, 0.15) is 34.5 Å². The van der Waals surface area contributed by atoms with E-state index in [-0.39, 0.29) is 16.7 Å². The van der Waals surface area contributed by atoms with E-state index in [9.17, 15) is 0 Å². The Morgan fingerprint density at radius 1 is 0.960 bits per heavy atom. The topological polar surface area (TPSA) is 66.0 Å². The van der Waals surface area contributed by atoms with Crippen LogP contribution in [0, 0.1) is 22.7 Å². The number of alkyl halides is 2. The number of ether oxygens (including phenoxy) is 2. The summed E-state index contributed by atoms with van der Waals surface area (Å²) in [4.78, 5) is 0. The molecule has 25 heavy (non-hydrogen) atoms. The first kappa shape index (κ1) is 15.7. The van der Waals surface area contributed by atoms with Crippen LogP contribution in [-0.4, -0.2) is 13.2 Å². The standard InChI is InChI=1S/C19H12F2N2O2/c20-19(21)16-7-11(13(9-22)10-23)1-3-14(16)15-4-2-12(8-17(15)19)18-24-5-6-25-18/h1-4,7-8,13,18H,5-6H2. The van der Waals surface area contributed by atoms with Crippen LogP contribution in [0.25, 0.3) is 11.1 Å². The van der Waals surface area contributed by atoms with Crippen molar-refractivity contribution in [1.82, 2.24) is 0 Å². The van der Waals surface area contributed by atoms with Gasteiger partial charge in [-0.2, -0.15) is 19.3 Å². The zero-order valence-corrected chi connectivity index (χ0v) is 13.0. The molecule has 124 valence electrons. The van der Waals surface area contributed by atoms with E-state index in [2.05, 4.69) is 0 Å². The van der Waals surface area contributed by atoms with E-state index in [1.54, 1.807) is 24.3 Å². The Labute approximate surface area is 142 Å². The lowest BCUT2D eigenvalue weighted by molar-refractivity contribution is -0.0444. The average Bonchev–Trinajstić information content (AvgIpc) is 3.23. The number of benzene rings is 2. The van der Waals surface area contributed by atoms with Crippen molar-refractivity contribution < 1.29 is 18.3 Å². The van der Waals surface area contributed by atoms with Crippen LogP contribution in [0.3, 0.4) is 0 Å². The number of fused-ring (bicyclic) bond motifs is 3. The van der Waals surface area contributed by atoms with Gasteiger partial charge in [-0.15, -0.1) is 0 Å². The van der Waals surface area contributed by atoms with E-state index in [4.69, 9.17) is 20.0 Å². The summed E-state index contributed by atoms with van der Waals surface area (Å²) in [5, 5.41) is 18.0. The smallest absolute Gasteiger partial charge is 0.299 e. The Morgan fingerprint density at radius 3 is 2.20 bits per heavy atom. The number of halogens is 2. The van der Waals surface area contributed by atoms with Gasteiger partial charge in [0.1, 0.15) is 0 Å². The van der Waals surface area contributed by atoms with E-state index in [1.807, 2.05) is 12.1 Å². The fourth-order valence-electron chi connectivity index (χ4n) is 3.31. The molecule has 0 unspecified atom stereocenters. The molecule has 2 aromatic rings. The molecule has 1 aliphatic heterocycles. The molecule has 1 aliphatic carbocycles. The average molecular weight is 338 g/mol. The molecule has 0 N–H and O–H groups in total. The molecular weight excluding hydrogens is 326 g/mol. The van der Waals surface area contributed by atoms with Gasteiger partial charge in [0, 0.05) is 16.7 Å². The molecule has 1 saturated heterocycles. The lowest BCUT2D eigenvalue weighted by Crippen LogP contribution is -2.12. The molecule has 0 aromatic heterocycles. The second-order valence-electron chi connectivity index (χ2n) is 5.95. The zero-order valence-electron chi connectivity index (χ0n) is 13.0. The molecule has 0 saturated carbocycles. The highest BCUT2D eigenvalue weighted by atomic mass is 19.3. The Morgan fingerprint density at radius 2 is 1.56 bits per heavy atom. The quantitative estimate of drug-likeness (QED) is 0.830. The van der Waals surface area contributed by atoms with Crippen molar-refractivity contribution in [3.8, 4) is 23.3 Å². The third-order valence-corrected chi connectivity index (χ3v) is 4.54. The summed E-state index contributed by atoms with van der Waals surface area (Å²) >= 11 is 0. The number of hydrogen-bond acceptors (Lipinski definition) is 4. The van der Waals surface area contributed by atoms with Crippen molar-refractivity contribution in [2.75, 3.05) is 13.2 Å². The minimum absolute atomic E-state index is 0.110. The fourth-order valence-corrected chi connectivity index (χ4v) is 3.31. The molecule has 4 rings (SSSR count). The van der Waals surface area contributed by atoms with E-state index < -0.39 is 18.1 Å². The lowest BCUT2D eigenvalue weighted by atomic mass is 9.96. The van der Waals surface area contributed by atoms with Gasteiger partial charge < -0.3 is 9.47 Å². The van der Waals surface area contributed by atoms with Gasteiger partial charge in [-0.1, -0.05) is 24.3 Å². The molecule has 0 amide bonds. The van der Waals surface area contributed by atoms with Gasteiger partial charge in [-0.25, -0.2) is 0 Å². The molecule has 0 radical (unpaired) electrons. The van der Waals surface area contributed by atoms with E-state index >= 15 is 8.78 Å². The Balaban J connectivity index is 1.82. The predicted octanol–water partition coefficient (Wildman–Crippen LogP) is 3.98. The maximum atomic E-state index is 15.0. The van der Waals surface area contributed by atoms with E-state index in [1.165, 1.54) is 12.1 Å². The summed E-state index contributed by atoms with van der Waals surface area (Å²) in [7, 11) is 0. The van der Waals surface area contributed by atoms with Crippen molar-refractivity contribution >= 4 is 0 Å². The van der Waals surface area contributed by atoms with E-state index in [0.717, 1.165) is 0 Å². The van der Waals surface area contributed by atoms with Crippen LogP contribution in [0.15, 0.2) is 36.4 Å². The van der Waals surface area contributed by atoms with Gasteiger partial charge in [-0.3, -0.25) is 0 Å². The fraction of sp³-hybridized carbons (Fsp3) is 0.263. The van der Waals surface area contributed by atoms with Crippen LogP contribution in [-0.2, 0) is 15.4 Å². The molecule has 6 heteroatoms. The molecule has 1 fully saturated rings. The molecule has 2 aliphatic rings. The Kier molecular flexibility index (Phi) is 3.54. The molecule has 0 atom stereocenters. The van der Waals surface area contributed by atoms with Crippen LogP contribution in [0.2, 0.25) is 0 Å². The van der Waals surface area contributed by atoms with Crippen molar-refractivity contribution in [2.24, 2.45) is 0 Å². The first-order chi connectivity index (χ1) is 12.1. The molecular formula is C19H12F2N2O2. The summed E-state index contributed by atoms with van der Waals surface area (Å²) in [6.07, 6.45) is -0.623. The summed E-state index contributed by atoms with van der Waals surface area (Å²) in [5.74, 6) is -4.27. The highest BCUT2D eigenvalue weighted by Gasteiger charge is 2.45. The van der Waals surface area contributed by atoms with Crippen LogP contribution < -0.4 is 0 Å². The van der Waals surface area contributed by atoms with Crippen molar-refractivity contribution in [2.45, 2.75) is 18.1 Å². The van der Waals surface area contributed by atoms with E-state index in [0.29, 0.717) is 29.9 Å². The number of rotatable bonds is 2. The molecule has 2 aromatic carbocycles. The SMILES string of the molecule is N#CC(C#N)c1ccc2c(c1)C(F)(F)c1cc(C3OCCO3)ccc1-2. The summed E-state index contributed by atoms with van der Waals surface area (Å²) in [6.45, 7) is 0.872. The largest absolute Gasteiger partial charge is 0.346 e. The normalized spacial score (nSPS) is 17.8. The summed E-state index contributed by atoms with van der Waals surface area (Å²) in [5.41, 5.74) is 1.40. The third kappa shape index (κ3) is 2.31. The second-order valence-corrected chi connectivity index (χ2v) is 5.95. The maximum absolute atomic E-state index is 15.0. The van der Waals surface area contributed by atoms with Gasteiger partial charge in [0.2, 0.25) is 0 Å². The minimum Gasteiger partial charge on any atom is -0.346 e. The summed E-state index contributed by atoms with van der Waals surface area (Å²) in [6, 6.07) is 12.8. The monoisotopic (exact) mass is 338 g/mol. The Bertz CT molecular complexity index is 923. The maximum Gasteiger partial charge on any atom is 0.299 e. The highest BCUT2D eigenvalue weighted by molar-refractivity contribution is 5.80. The highest BCUT2D eigenvalue weighted by Crippen LogP contribution is 2.52. The number of hydrogen-bond donors (Lipinski definition) is 0. The molecule has 1 heterocycles. The van der Waals surface area contributed by atoms with Gasteiger partial charge in [-0.05, 0) is 28.8 Å². The lowest BCUT2D eigenvalue weighted by Gasteiger charge is -2.15. The first-order valence-electron chi connectivity index (χ1n) is 7.75. The predicted molar refractivity (Wildman–Crippen MR) is 83.5 cm³/mol. The van der Waals surface area contributed by atoms with Gasteiger partial charge >= 0.3 is 0 Å². The van der Waals surface area contributed by atoms with Crippen molar-refractivity contribution in [1.29, 1.82) is 10.5 Å². The summed E-state index contributed by atoms with van der Waals surface area (Å²) < 4.78 is 40.8. The second kappa shape index (κ2) is 5.63. The van der Waals surface area contributed by atoms with Gasteiger partial charge in [0.05, 0.1) is 25.4 Å². The third-order valence-electron chi connectivity index (χ3n) is 4.54. The molecule has 0 spiro atoms. The van der Waals surface area contributed by atoms with Crippen molar-refractivity contribution in [3.05, 3.63) is 58.7 Å². The minimum atomic E-state index is -3.20. The number of nitriles is 2. The van der Waals surface area contributed by atoms with Gasteiger partial charge in [0.25, 0.3) is 5.92 Å². The molecule has 4 nitrogen and oxygen atoms in total. The van der Waals surface area contributed by atoms with Gasteiger partial charge in [0.15, 0.2) is 12.2 Å². The Hall–Kier alpha value is -2.80. The van der Waals surface area contributed by atoms with Crippen LogP contribution >= 0.6 is 0 Å². The zero-order chi connectivity index (χ0) is 17.6.